The summed E-state index contributed by atoms with van der Waals surface area (Å²) in [5.41, 5.74) is 0.431. The van der Waals surface area contributed by atoms with Gasteiger partial charge in [0.25, 0.3) is 0 Å². The first-order valence-electron chi connectivity index (χ1n) is 6.81. The third-order valence-corrected chi connectivity index (χ3v) is 2.71. The van der Waals surface area contributed by atoms with Crippen molar-refractivity contribution >= 4 is 35.9 Å². The second-order valence-corrected chi connectivity index (χ2v) is 4.29. The van der Waals surface area contributed by atoms with Crippen LogP contribution in [0.5, 0.6) is 0 Å². The number of nitrogens with one attached hydrogen (secondary N) is 2. The third kappa shape index (κ3) is 6.65. The topological polar surface area (TPSA) is 85.1 Å². The Hall–Kier alpha value is -1.29. The molecule has 0 amide bonds. The van der Waals surface area contributed by atoms with Gasteiger partial charge < -0.3 is 24.5 Å². The minimum absolute atomic E-state index is 0. The van der Waals surface area contributed by atoms with Crippen LogP contribution in [0.1, 0.15) is 28.8 Å². The van der Waals surface area contributed by atoms with Crippen molar-refractivity contribution in [3.05, 3.63) is 23.2 Å². The molecule has 0 unspecified atom stereocenters. The van der Waals surface area contributed by atoms with E-state index in [1.165, 1.54) is 7.11 Å². The van der Waals surface area contributed by atoms with Gasteiger partial charge in [-0.15, -0.1) is 24.0 Å². The van der Waals surface area contributed by atoms with Crippen LogP contribution in [0.3, 0.4) is 0 Å². The molecule has 0 bridgehead atoms. The Morgan fingerprint density at radius 2 is 2.09 bits per heavy atom. The van der Waals surface area contributed by atoms with E-state index in [1.807, 2.05) is 6.92 Å². The molecule has 0 aliphatic carbocycles. The molecule has 7 nitrogen and oxygen atoms in total. The molecule has 0 radical (unpaired) electrons. The summed E-state index contributed by atoms with van der Waals surface area (Å²) in [6, 6.07) is 1.66. The molecule has 0 spiro atoms. The quantitative estimate of drug-likeness (QED) is 0.228. The zero-order chi connectivity index (χ0) is 15.7. The molecule has 1 heterocycles. The molecular formula is C14H24IN3O4. The molecule has 2 N–H and O–H groups in total. The number of nitrogens with zero attached hydrogens (tertiary/aromatic N) is 1. The van der Waals surface area contributed by atoms with Crippen molar-refractivity contribution in [1.29, 1.82) is 0 Å². The maximum absolute atomic E-state index is 11.5. The van der Waals surface area contributed by atoms with Gasteiger partial charge in [-0.05, 0) is 19.9 Å². The van der Waals surface area contributed by atoms with Crippen molar-refractivity contribution in [3.8, 4) is 0 Å². The van der Waals surface area contributed by atoms with E-state index in [2.05, 4.69) is 20.4 Å². The number of esters is 1. The molecule has 0 saturated heterocycles. The number of rotatable bonds is 7. The summed E-state index contributed by atoms with van der Waals surface area (Å²) >= 11 is 0. The summed E-state index contributed by atoms with van der Waals surface area (Å²) < 4.78 is 15.2. The van der Waals surface area contributed by atoms with Gasteiger partial charge in [0.15, 0.2) is 5.96 Å². The summed E-state index contributed by atoms with van der Waals surface area (Å²) in [4.78, 5) is 15.9. The Morgan fingerprint density at radius 3 is 2.68 bits per heavy atom. The van der Waals surface area contributed by atoms with Gasteiger partial charge in [-0.2, -0.15) is 0 Å². The standard InChI is InChI=1S/C14H23N3O4.HI/c1-5-15-14(16-6-7-19-3)17-9-11-8-12(10(2)21-11)13(18)20-4;/h8H,5-7,9H2,1-4H3,(H2,15,16,17);1H. The monoisotopic (exact) mass is 425 g/mol. The fourth-order valence-electron chi connectivity index (χ4n) is 1.70. The summed E-state index contributed by atoms with van der Waals surface area (Å²) in [6.45, 7) is 6.05. The van der Waals surface area contributed by atoms with Crippen molar-refractivity contribution in [2.75, 3.05) is 33.9 Å². The van der Waals surface area contributed by atoms with Crippen LogP contribution in [0.2, 0.25) is 0 Å². The maximum atomic E-state index is 11.5. The van der Waals surface area contributed by atoms with Gasteiger partial charge in [0.2, 0.25) is 0 Å². The Labute approximate surface area is 147 Å². The van der Waals surface area contributed by atoms with Gasteiger partial charge in [-0.3, -0.25) is 0 Å². The molecular weight excluding hydrogens is 401 g/mol. The SMILES string of the molecule is CCNC(=NCc1cc(C(=O)OC)c(C)o1)NCCOC.I. The molecule has 8 heteroatoms. The van der Waals surface area contributed by atoms with Crippen molar-refractivity contribution in [2.24, 2.45) is 4.99 Å². The number of aliphatic imine (C=N–C) groups is 1. The highest BCUT2D eigenvalue weighted by Gasteiger charge is 2.15. The van der Waals surface area contributed by atoms with Gasteiger partial charge in [-0.25, -0.2) is 9.79 Å². The zero-order valence-electron chi connectivity index (χ0n) is 13.4. The predicted molar refractivity (Wildman–Crippen MR) is 94.9 cm³/mol. The van der Waals surface area contributed by atoms with Crippen LogP contribution in [-0.2, 0) is 16.0 Å². The molecule has 1 aromatic heterocycles. The van der Waals surface area contributed by atoms with Gasteiger partial charge in [0.1, 0.15) is 23.6 Å². The van der Waals surface area contributed by atoms with E-state index in [4.69, 9.17) is 9.15 Å². The molecule has 0 saturated carbocycles. The number of guanidine groups is 1. The van der Waals surface area contributed by atoms with Gasteiger partial charge >= 0.3 is 5.97 Å². The van der Waals surface area contributed by atoms with Crippen LogP contribution in [-0.4, -0.2) is 45.8 Å². The Balaban J connectivity index is 0.00000441. The Kier molecular flexibility index (Phi) is 10.6. The van der Waals surface area contributed by atoms with E-state index in [1.54, 1.807) is 20.1 Å². The van der Waals surface area contributed by atoms with Gasteiger partial charge in [0.05, 0.1) is 13.7 Å². The second-order valence-electron chi connectivity index (χ2n) is 4.29. The average Bonchev–Trinajstić information content (AvgIpc) is 2.85. The second kappa shape index (κ2) is 11.3. The van der Waals surface area contributed by atoms with E-state index in [0.29, 0.717) is 42.7 Å². The minimum atomic E-state index is -0.406. The summed E-state index contributed by atoms with van der Waals surface area (Å²) in [5.74, 6) is 1.40. The first-order chi connectivity index (χ1) is 10.1. The van der Waals surface area contributed by atoms with E-state index in [9.17, 15) is 4.79 Å². The van der Waals surface area contributed by atoms with Crippen LogP contribution < -0.4 is 10.6 Å². The third-order valence-electron chi connectivity index (χ3n) is 2.71. The minimum Gasteiger partial charge on any atom is -0.465 e. The molecule has 0 aromatic carbocycles. The lowest BCUT2D eigenvalue weighted by Crippen LogP contribution is -2.38. The van der Waals surface area contributed by atoms with E-state index < -0.39 is 5.97 Å². The molecule has 0 aliphatic heterocycles. The number of methoxy groups -OCH3 is 2. The van der Waals surface area contributed by atoms with Crippen LogP contribution in [0.15, 0.2) is 15.5 Å². The summed E-state index contributed by atoms with van der Waals surface area (Å²) in [5, 5.41) is 6.24. The normalized spacial score (nSPS) is 10.8. The van der Waals surface area contributed by atoms with Crippen molar-refractivity contribution < 1.29 is 18.7 Å². The smallest absolute Gasteiger partial charge is 0.341 e. The van der Waals surface area contributed by atoms with Gasteiger partial charge in [-0.1, -0.05) is 0 Å². The van der Waals surface area contributed by atoms with Gasteiger partial charge in [0, 0.05) is 20.2 Å². The van der Waals surface area contributed by atoms with E-state index in [-0.39, 0.29) is 24.0 Å². The fraction of sp³-hybridized carbons (Fsp3) is 0.571. The highest BCUT2D eigenvalue weighted by molar-refractivity contribution is 14.0. The highest BCUT2D eigenvalue weighted by Crippen LogP contribution is 2.16. The summed E-state index contributed by atoms with van der Waals surface area (Å²) in [7, 11) is 2.99. The lowest BCUT2D eigenvalue weighted by Gasteiger charge is -2.10. The lowest BCUT2D eigenvalue weighted by molar-refractivity contribution is 0.0599. The zero-order valence-corrected chi connectivity index (χ0v) is 15.7. The fourth-order valence-corrected chi connectivity index (χ4v) is 1.70. The molecule has 0 aliphatic rings. The van der Waals surface area contributed by atoms with Crippen molar-refractivity contribution in [2.45, 2.75) is 20.4 Å². The molecule has 0 fully saturated rings. The van der Waals surface area contributed by atoms with Crippen LogP contribution in [0.25, 0.3) is 0 Å². The number of hydrogen-bond donors (Lipinski definition) is 2. The molecule has 126 valence electrons. The number of halogens is 1. The molecule has 22 heavy (non-hydrogen) atoms. The number of ether oxygens (including phenoxy) is 2. The molecule has 1 aromatic rings. The van der Waals surface area contributed by atoms with Crippen molar-refractivity contribution in [1.82, 2.24) is 10.6 Å². The largest absolute Gasteiger partial charge is 0.465 e. The average molecular weight is 425 g/mol. The number of aryl methyl sites for hydroxylation is 1. The first-order valence-corrected chi connectivity index (χ1v) is 6.81. The van der Waals surface area contributed by atoms with E-state index in [0.717, 1.165) is 6.54 Å². The number of carbonyl (C=O) groups excluding carboxylic acids is 1. The number of furan rings is 1. The number of carbonyl (C=O) groups is 1. The van der Waals surface area contributed by atoms with Crippen LogP contribution in [0.4, 0.5) is 0 Å². The molecule has 1 rings (SSSR count). The maximum Gasteiger partial charge on any atom is 0.341 e. The molecule has 0 atom stereocenters. The van der Waals surface area contributed by atoms with Crippen LogP contribution >= 0.6 is 24.0 Å². The summed E-state index contributed by atoms with van der Waals surface area (Å²) in [6.07, 6.45) is 0. The first kappa shape index (κ1) is 20.7. The van der Waals surface area contributed by atoms with Crippen LogP contribution in [0, 0.1) is 6.92 Å². The lowest BCUT2D eigenvalue weighted by atomic mass is 10.2. The Morgan fingerprint density at radius 1 is 1.36 bits per heavy atom. The predicted octanol–water partition coefficient (Wildman–Crippen LogP) is 1.69. The highest BCUT2D eigenvalue weighted by atomic mass is 127. The Bertz CT molecular complexity index is 488. The number of hydrogen-bond acceptors (Lipinski definition) is 5. The van der Waals surface area contributed by atoms with E-state index >= 15 is 0 Å². The van der Waals surface area contributed by atoms with Crippen molar-refractivity contribution in [3.63, 3.8) is 0 Å².